The van der Waals surface area contributed by atoms with Gasteiger partial charge in [0.15, 0.2) is 5.60 Å². The highest BCUT2D eigenvalue weighted by molar-refractivity contribution is 5.77. The molecule has 100 valence electrons. The summed E-state index contributed by atoms with van der Waals surface area (Å²) in [4.78, 5) is 10.9. The van der Waals surface area contributed by atoms with Gasteiger partial charge in [-0.05, 0) is 30.0 Å². The first-order chi connectivity index (χ1) is 8.27. The van der Waals surface area contributed by atoms with Crippen molar-refractivity contribution in [1.29, 1.82) is 0 Å². The monoisotopic (exact) mass is 252 g/mol. The molecule has 0 aliphatic carbocycles. The largest absolute Gasteiger partial charge is 0.496 e. The molecule has 0 fully saturated rings. The molecule has 4 nitrogen and oxygen atoms in total. The van der Waals surface area contributed by atoms with E-state index < -0.39 is 11.6 Å². The molecule has 0 radical (unpaired) electrons. The van der Waals surface area contributed by atoms with Crippen molar-refractivity contribution in [2.75, 3.05) is 7.11 Å². The first-order valence-electron chi connectivity index (χ1n) is 5.90. The number of hydrogen-bond acceptors (Lipinski definition) is 3. The van der Waals surface area contributed by atoms with Gasteiger partial charge in [0.1, 0.15) is 5.75 Å². The van der Waals surface area contributed by atoms with Gasteiger partial charge in [0.25, 0.3) is 0 Å². The third kappa shape index (κ3) is 3.23. The Bertz CT molecular complexity index is 435. The van der Waals surface area contributed by atoms with E-state index in [0.717, 1.165) is 16.9 Å². The standard InChI is InChI=1S/C14H20O4/c1-9(2)11-7-10(5-6-12(11)18-4)8-14(3,17)13(15)16/h5-7,9,17H,8H2,1-4H3,(H,15,16). The average molecular weight is 252 g/mol. The lowest BCUT2D eigenvalue weighted by Gasteiger charge is -2.19. The molecule has 1 rings (SSSR count). The molecule has 1 aromatic carbocycles. The number of benzene rings is 1. The van der Waals surface area contributed by atoms with Crippen LogP contribution in [0.15, 0.2) is 18.2 Å². The molecule has 1 atom stereocenters. The molecule has 4 heteroatoms. The second kappa shape index (κ2) is 5.40. The Morgan fingerprint density at radius 1 is 1.44 bits per heavy atom. The summed E-state index contributed by atoms with van der Waals surface area (Å²) < 4.78 is 5.26. The molecule has 0 saturated carbocycles. The number of rotatable bonds is 5. The summed E-state index contributed by atoms with van der Waals surface area (Å²) in [6, 6.07) is 5.48. The van der Waals surface area contributed by atoms with E-state index in [9.17, 15) is 9.90 Å². The molecular formula is C14H20O4. The van der Waals surface area contributed by atoms with E-state index in [1.54, 1.807) is 13.2 Å². The summed E-state index contributed by atoms with van der Waals surface area (Å²) in [5.74, 6) is -0.164. The van der Waals surface area contributed by atoms with Crippen molar-refractivity contribution in [1.82, 2.24) is 0 Å². The first-order valence-corrected chi connectivity index (χ1v) is 5.90. The SMILES string of the molecule is COc1ccc(CC(C)(O)C(=O)O)cc1C(C)C. The Labute approximate surface area is 107 Å². The van der Waals surface area contributed by atoms with Crippen molar-refractivity contribution in [3.8, 4) is 5.75 Å². The second-order valence-electron chi connectivity index (χ2n) is 4.99. The van der Waals surface area contributed by atoms with E-state index in [1.165, 1.54) is 6.92 Å². The van der Waals surface area contributed by atoms with E-state index in [0.29, 0.717) is 0 Å². The minimum absolute atomic E-state index is 0.0754. The lowest BCUT2D eigenvalue weighted by Crippen LogP contribution is -2.37. The molecule has 0 amide bonds. The van der Waals surface area contributed by atoms with E-state index in [2.05, 4.69) is 0 Å². The predicted molar refractivity (Wildman–Crippen MR) is 69.0 cm³/mol. The van der Waals surface area contributed by atoms with Crippen LogP contribution in [-0.4, -0.2) is 28.9 Å². The van der Waals surface area contributed by atoms with E-state index >= 15 is 0 Å². The summed E-state index contributed by atoms with van der Waals surface area (Å²) in [5.41, 5.74) is 0.0473. The van der Waals surface area contributed by atoms with Crippen molar-refractivity contribution >= 4 is 5.97 Å². The van der Waals surface area contributed by atoms with Crippen molar-refractivity contribution in [2.45, 2.75) is 38.7 Å². The van der Waals surface area contributed by atoms with Crippen molar-refractivity contribution < 1.29 is 19.7 Å². The molecule has 0 bridgehead atoms. The number of aliphatic hydroxyl groups is 1. The maximum absolute atomic E-state index is 10.9. The first kappa shape index (κ1) is 14.5. The molecule has 18 heavy (non-hydrogen) atoms. The highest BCUT2D eigenvalue weighted by Gasteiger charge is 2.30. The highest BCUT2D eigenvalue weighted by Crippen LogP contribution is 2.28. The maximum Gasteiger partial charge on any atom is 0.335 e. The molecule has 0 aromatic heterocycles. The maximum atomic E-state index is 10.9. The fraction of sp³-hybridized carbons (Fsp3) is 0.500. The minimum Gasteiger partial charge on any atom is -0.496 e. The van der Waals surface area contributed by atoms with Gasteiger partial charge >= 0.3 is 5.97 Å². The van der Waals surface area contributed by atoms with Crippen LogP contribution in [0, 0.1) is 0 Å². The Morgan fingerprint density at radius 3 is 2.50 bits per heavy atom. The Balaban J connectivity index is 3.06. The zero-order valence-electron chi connectivity index (χ0n) is 11.2. The Hall–Kier alpha value is -1.55. The van der Waals surface area contributed by atoms with Gasteiger partial charge in [0.2, 0.25) is 0 Å². The number of hydrogen-bond donors (Lipinski definition) is 2. The van der Waals surface area contributed by atoms with Crippen molar-refractivity contribution in [2.24, 2.45) is 0 Å². The third-order valence-corrected chi connectivity index (χ3v) is 2.93. The third-order valence-electron chi connectivity index (χ3n) is 2.93. The fourth-order valence-corrected chi connectivity index (χ4v) is 1.82. The normalized spacial score (nSPS) is 14.3. The number of carboxylic acid groups (broad SMARTS) is 1. The van der Waals surface area contributed by atoms with Gasteiger partial charge in [-0.1, -0.05) is 26.0 Å². The molecule has 0 aliphatic rings. The van der Waals surface area contributed by atoms with Gasteiger partial charge in [0, 0.05) is 6.42 Å². The zero-order valence-corrected chi connectivity index (χ0v) is 11.2. The van der Waals surface area contributed by atoms with Crippen LogP contribution in [0.1, 0.15) is 37.8 Å². The smallest absolute Gasteiger partial charge is 0.335 e. The summed E-state index contributed by atoms with van der Waals surface area (Å²) in [6.45, 7) is 5.38. The Morgan fingerprint density at radius 2 is 2.06 bits per heavy atom. The second-order valence-corrected chi connectivity index (χ2v) is 4.99. The van der Waals surface area contributed by atoms with Crippen LogP contribution in [0.25, 0.3) is 0 Å². The average Bonchev–Trinajstić information content (AvgIpc) is 2.28. The van der Waals surface area contributed by atoms with Gasteiger partial charge in [-0.25, -0.2) is 4.79 Å². The van der Waals surface area contributed by atoms with Crippen LogP contribution in [-0.2, 0) is 11.2 Å². The molecular weight excluding hydrogens is 232 g/mol. The van der Waals surface area contributed by atoms with Crippen LogP contribution in [0.3, 0.4) is 0 Å². The van der Waals surface area contributed by atoms with Gasteiger partial charge in [-0.15, -0.1) is 0 Å². The highest BCUT2D eigenvalue weighted by atomic mass is 16.5. The summed E-state index contributed by atoms with van der Waals surface area (Å²) in [6.07, 6.45) is 0.0754. The molecule has 1 aromatic rings. The number of carboxylic acids is 1. The number of ether oxygens (including phenoxy) is 1. The summed E-state index contributed by atoms with van der Waals surface area (Å²) >= 11 is 0. The van der Waals surface area contributed by atoms with Gasteiger partial charge < -0.3 is 14.9 Å². The van der Waals surface area contributed by atoms with E-state index in [1.807, 2.05) is 26.0 Å². The zero-order chi connectivity index (χ0) is 13.9. The Kier molecular flexibility index (Phi) is 4.35. The molecule has 0 saturated heterocycles. The van der Waals surface area contributed by atoms with E-state index in [4.69, 9.17) is 9.84 Å². The van der Waals surface area contributed by atoms with Crippen LogP contribution < -0.4 is 4.74 Å². The lowest BCUT2D eigenvalue weighted by atomic mass is 9.92. The molecule has 1 unspecified atom stereocenters. The number of carbonyl (C=O) groups is 1. The number of methoxy groups -OCH3 is 1. The van der Waals surface area contributed by atoms with Gasteiger partial charge in [-0.3, -0.25) is 0 Å². The number of aliphatic carboxylic acids is 1. The van der Waals surface area contributed by atoms with Crippen LogP contribution in [0.4, 0.5) is 0 Å². The van der Waals surface area contributed by atoms with Crippen molar-refractivity contribution in [3.63, 3.8) is 0 Å². The van der Waals surface area contributed by atoms with Gasteiger partial charge in [-0.2, -0.15) is 0 Å². The van der Waals surface area contributed by atoms with Crippen LogP contribution in [0.2, 0.25) is 0 Å². The van der Waals surface area contributed by atoms with Gasteiger partial charge in [0.05, 0.1) is 7.11 Å². The van der Waals surface area contributed by atoms with Crippen molar-refractivity contribution in [3.05, 3.63) is 29.3 Å². The van der Waals surface area contributed by atoms with E-state index in [-0.39, 0.29) is 12.3 Å². The summed E-state index contributed by atoms with van der Waals surface area (Å²) in [7, 11) is 1.61. The lowest BCUT2D eigenvalue weighted by molar-refractivity contribution is -0.156. The predicted octanol–water partition coefficient (Wildman–Crippen LogP) is 2.20. The molecule has 0 spiro atoms. The fourth-order valence-electron chi connectivity index (χ4n) is 1.82. The minimum atomic E-state index is -1.75. The molecule has 0 aliphatic heterocycles. The molecule has 2 N–H and O–H groups in total. The van der Waals surface area contributed by atoms with Crippen LogP contribution in [0.5, 0.6) is 5.75 Å². The molecule has 0 heterocycles. The quantitative estimate of drug-likeness (QED) is 0.843. The summed E-state index contributed by atoms with van der Waals surface area (Å²) in [5, 5.41) is 18.7. The van der Waals surface area contributed by atoms with Crippen LogP contribution >= 0.6 is 0 Å². The topological polar surface area (TPSA) is 66.8 Å².